The van der Waals surface area contributed by atoms with Crippen molar-refractivity contribution in [1.82, 2.24) is 4.90 Å². The van der Waals surface area contributed by atoms with Crippen LogP contribution in [0.2, 0.25) is 0 Å². The van der Waals surface area contributed by atoms with E-state index in [4.69, 9.17) is 0 Å². The second kappa shape index (κ2) is 4.72. The molecule has 1 saturated carbocycles. The Morgan fingerprint density at radius 2 is 1.59 bits per heavy atom. The highest BCUT2D eigenvalue weighted by Gasteiger charge is 2.44. The number of nitrogens with zero attached hydrogens (tertiary/aromatic N) is 1. The molecule has 0 N–H and O–H groups in total. The number of fused-ring (bicyclic) bond motifs is 2. The fourth-order valence-corrected chi connectivity index (χ4v) is 4.46. The van der Waals surface area contributed by atoms with Gasteiger partial charge >= 0.3 is 0 Å². The van der Waals surface area contributed by atoms with Crippen LogP contribution >= 0.6 is 0 Å². The lowest BCUT2D eigenvalue weighted by atomic mass is 9.90. The molecule has 0 spiro atoms. The third-order valence-corrected chi connectivity index (χ3v) is 5.30. The molecule has 3 aliphatic rings. The molecule has 4 atom stereocenters. The van der Waals surface area contributed by atoms with Gasteiger partial charge in [0.15, 0.2) is 0 Å². The smallest absolute Gasteiger partial charge is 0.136 e. The minimum atomic E-state index is 0.523. The summed E-state index contributed by atoms with van der Waals surface area (Å²) in [6.45, 7) is 2.44. The van der Waals surface area contributed by atoms with Crippen molar-refractivity contribution in [3.63, 3.8) is 0 Å². The van der Waals surface area contributed by atoms with Crippen LogP contribution in [0.3, 0.4) is 0 Å². The Hall–Kier alpha value is -0.370. The zero-order valence-corrected chi connectivity index (χ0v) is 11.0. The fourth-order valence-electron chi connectivity index (χ4n) is 4.46. The lowest BCUT2D eigenvalue weighted by Gasteiger charge is -2.42. The lowest BCUT2D eigenvalue weighted by molar-refractivity contribution is -0.125. The summed E-state index contributed by atoms with van der Waals surface area (Å²) in [5, 5.41) is 0. The quantitative estimate of drug-likeness (QED) is 0.651. The molecule has 0 radical (unpaired) electrons. The van der Waals surface area contributed by atoms with Gasteiger partial charge in [-0.3, -0.25) is 9.69 Å². The highest BCUT2D eigenvalue weighted by atomic mass is 16.1. The topological polar surface area (TPSA) is 20.3 Å². The molecule has 96 valence electrons. The summed E-state index contributed by atoms with van der Waals surface area (Å²) in [4.78, 5) is 14.5. The highest BCUT2D eigenvalue weighted by Crippen LogP contribution is 2.40. The van der Waals surface area contributed by atoms with Crippen LogP contribution in [-0.4, -0.2) is 28.8 Å². The van der Waals surface area contributed by atoms with Crippen LogP contribution in [0.1, 0.15) is 64.7 Å². The highest BCUT2D eigenvalue weighted by molar-refractivity contribution is 5.81. The third-order valence-electron chi connectivity index (χ3n) is 5.30. The van der Waals surface area contributed by atoms with Crippen molar-refractivity contribution in [2.45, 2.75) is 82.8 Å². The van der Waals surface area contributed by atoms with Crippen molar-refractivity contribution in [3.05, 3.63) is 0 Å². The van der Waals surface area contributed by atoms with Crippen LogP contribution in [0, 0.1) is 5.92 Å². The Kier molecular flexibility index (Phi) is 3.25. The zero-order chi connectivity index (χ0) is 11.8. The molecule has 0 aromatic rings. The number of ketones is 1. The number of carbonyl (C=O) groups is 1. The first-order valence-electron chi connectivity index (χ1n) is 7.55. The van der Waals surface area contributed by atoms with E-state index < -0.39 is 0 Å². The fraction of sp³-hybridized carbons (Fsp3) is 0.933. The van der Waals surface area contributed by atoms with Gasteiger partial charge in [0.05, 0.1) is 0 Å². The summed E-state index contributed by atoms with van der Waals surface area (Å²) in [7, 11) is 0. The molecule has 0 amide bonds. The first-order chi connectivity index (χ1) is 8.25. The molecule has 17 heavy (non-hydrogen) atoms. The molecule has 1 aliphatic carbocycles. The van der Waals surface area contributed by atoms with Gasteiger partial charge in [-0.2, -0.15) is 0 Å². The van der Waals surface area contributed by atoms with Gasteiger partial charge in [-0.1, -0.05) is 26.2 Å². The summed E-state index contributed by atoms with van der Waals surface area (Å²) in [6, 6.07) is 1.99. The third kappa shape index (κ3) is 2.16. The first kappa shape index (κ1) is 11.7. The minimum absolute atomic E-state index is 0.523. The van der Waals surface area contributed by atoms with Gasteiger partial charge in [0.1, 0.15) is 5.78 Å². The summed E-state index contributed by atoms with van der Waals surface area (Å²) < 4.78 is 0. The molecular formula is C15H25NO. The molecule has 3 fully saturated rings. The van der Waals surface area contributed by atoms with E-state index in [0.717, 1.165) is 24.8 Å². The predicted molar refractivity (Wildman–Crippen MR) is 68.9 cm³/mol. The van der Waals surface area contributed by atoms with E-state index in [1.165, 1.54) is 44.9 Å². The van der Waals surface area contributed by atoms with E-state index in [9.17, 15) is 4.79 Å². The summed E-state index contributed by atoms with van der Waals surface area (Å²) in [5.74, 6) is 1.36. The number of hydrogen-bond acceptors (Lipinski definition) is 2. The maximum Gasteiger partial charge on any atom is 0.136 e. The molecule has 2 heterocycles. The van der Waals surface area contributed by atoms with E-state index in [0.29, 0.717) is 17.9 Å². The van der Waals surface area contributed by atoms with Gasteiger partial charge in [0, 0.05) is 31.0 Å². The van der Waals surface area contributed by atoms with Crippen molar-refractivity contribution < 1.29 is 4.79 Å². The van der Waals surface area contributed by atoms with Gasteiger partial charge in [-0.05, 0) is 31.6 Å². The molecule has 4 unspecified atom stereocenters. The second-order valence-corrected chi connectivity index (χ2v) is 6.46. The first-order valence-corrected chi connectivity index (χ1v) is 7.55. The number of piperidine rings is 1. The van der Waals surface area contributed by atoms with Crippen LogP contribution in [0.4, 0.5) is 0 Å². The summed E-state index contributed by atoms with van der Waals surface area (Å²) in [6.07, 6.45) is 11.3. The molecule has 2 nitrogen and oxygen atoms in total. The molecule has 3 rings (SSSR count). The van der Waals surface area contributed by atoms with Gasteiger partial charge in [-0.15, -0.1) is 0 Å². The maximum atomic E-state index is 11.7. The second-order valence-electron chi connectivity index (χ2n) is 6.46. The lowest BCUT2D eigenvalue weighted by Crippen LogP contribution is -2.51. The van der Waals surface area contributed by atoms with E-state index in [1.807, 2.05) is 0 Å². The van der Waals surface area contributed by atoms with E-state index in [1.54, 1.807) is 0 Å². The predicted octanol–water partition coefficient (Wildman–Crippen LogP) is 3.15. The average Bonchev–Trinajstić information content (AvgIpc) is 2.50. The van der Waals surface area contributed by atoms with Crippen LogP contribution in [0.5, 0.6) is 0 Å². The Balaban J connectivity index is 1.76. The SMILES string of the molecule is CC1CCCCCC1N1C2CCC1CC(=O)C2. The number of rotatable bonds is 1. The van der Waals surface area contributed by atoms with Crippen LogP contribution < -0.4 is 0 Å². The van der Waals surface area contributed by atoms with E-state index >= 15 is 0 Å². The van der Waals surface area contributed by atoms with Crippen molar-refractivity contribution in [3.8, 4) is 0 Å². The van der Waals surface area contributed by atoms with Crippen molar-refractivity contribution in [2.24, 2.45) is 5.92 Å². The average molecular weight is 235 g/mol. The van der Waals surface area contributed by atoms with Gasteiger partial charge in [0.2, 0.25) is 0 Å². The number of hydrogen-bond donors (Lipinski definition) is 0. The van der Waals surface area contributed by atoms with Crippen molar-refractivity contribution >= 4 is 5.78 Å². The number of carbonyl (C=O) groups excluding carboxylic acids is 1. The van der Waals surface area contributed by atoms with Gasteiger partial charge < -0.3 is 0 Å². The summed E-state index contributed by atoms with van der Waals surface area (Å²) >= 11 is 0. The Morgan fingerprint density at radius 1 is 0.941 bits per heavy atom. The largest absolute Gasteiger partial charge is 0.300 e. The molecule has 0 aromatic heterocycles. The molecule has 2 bridgehead atoms. The van der Waals surface area contributed by atoms with Crippen LogP contribution in [0.25, 0.3) is 0 Å². The zero-order valence-electron chi connectivity index (χ0n) is 11.0. The van der Waals surface area contributed by atoms with E-state index in [2.05, 4.69) is 11.8 Å². The van der Waals surface area contributed by atoms with Crippen LogP contribution in [0.15, 0.2) is 0 Å². The molecule has 2 heteroatoms. The Morgan fingerprint density at radius 3 is 2.29 bits per heavy atom. The normalized spacial score (nSPS) is 43.7. The van der Waals surface area contributed by atoms with Gasteiger partial charge in [0.25, 0.3) is 0 Å². The van der Waals surface area contributed by atoms with Crippen molar-refractivity contribution in [2.75, 3.05) is 0 Å². The van der Waals surface area contributed by atoms with Gasteiger partial charge in [-0.25, -0.2) is 0 Å². The summed E-state index contributed by atoms with van der Waals surface area (Å²) in [5.41, 5.74) is 0. The molecule has 2 saturated heterocycles. The van der Waals surface area contributed by atoms with Crippen molar-refractivity contribution in [1.29, 1.82) is 0 Å². The monoisotopic (exact) mass is 235 g/mol. The number of Topliss-reactive ketones (excluding diaryl/α,β-unsaturated/α-hetero) is 1. The Labute approximate surface area is 105 Å². The van der Waals surface area contributed by atoms with Crippen LogP contribution in [-0.2, 0) is 4.79 Å². The molecular weight excluding hydrogens is 210 g/mol. The minimum Gasteiger partial charge on any atom is -0.300 e. The standard InChI is InChI=1S/C15H25NO/c1-11-5-3-2-4-6-15(11)16-12-7-8-13(16)10-14(17)9-12/h11-13,15H,2-10H2,1H3. The molecule has 0 aromatic carbocycles. The Bertz CT molecular complexity index is 285. The molecule has 2 aliphatic heterocycles. The maximum absolute atomic E-state index is 11.7. The van der Waals surface area contributed by atoms with E-state index in [-0.39, 0.29) is 0 Å².